The molecular formula is C25H34N4O4S. The summed E-state index contributed by atoms with van der Waals surface area (Å²) in [6.07, 6.45) is 6.54. The highest BCUT2D eigenvalue weighted by atomic mass is 32.2. The molecule has 2 heterocycles. The van der Waals surface area contributed by atoms with Crippen molar-refractivity contribution in [1.82, 2.24) is 20.8 Å². The van der Waals surface area contributed by atoms with E-state index >= 15 is 0 Å². The Kier molecular flexibility index (Phi) is 9.53. The van der Waals surface area contributed by atoms with Crippen molar-refractivity contribution < 1.29 is 18.7 Å². The van der Waals surface area contributed by atoms with Crippen LogP contribution in [0.3, 0.4) is 0 Å². The van der Waals surface area contributed by atoms with Crippen LogP contribution in [0.15, 0.2) is 40.0 Å². The van der Waals surface area contributed by atoms with Gasteiger partial charge in [-0.2, -0.15) is 0 Å². The number of rotatable bonds is 11. The zero-order valence-corrected chi connectivity index (χ0v) is 20.4. The van der Waals surface area contributed by atoms with E-state index in [9.17, 15) is 9.59 Å². The Balaban J connectivity index is 1.31. The quantitative estimate of drug-likeness (QED) is 0.282. The minimum atomic E-state index is -0.649. The number of carbonyl (C=O) groups excluding carboxylic acids is 2. The Hall–Kier alpha value is -2.23. The molecule has 2 aliphatic rings. The maximum Gasteiger partial charge on any atom is 0.286 e. The van der Waals surface area contributed by atoms with Gasteiger partial charge in [0.15, 0.2) is 0 Å². The molecule has 0 radical (unpaired) electrons. The number of carbonyl (C=O) groups is 2. The van der Waals surface area contributed by atoms with Crippen LogP contribution in [0.4, 0.5) is 0 Å². The van der Waals surface area contributed by atoms with Crippen molar-refractivity contribution in [2.24, 2.45) is 11.8 Å². The molecule has 1 saturated carbocycles. The van der Waals surface area contributed by atoms with E-state index in [0.717, 1.165) is 57.4 Å². The first-order chi connectivity index (χ1) is 16.7. The highest BCUT2D eigenvalue weighted by Crippen LogP contribution is 2.27. The monoisotopic (exact) mass is 486 g/mol. The molecule has 1 saturated heterocycles. The van der Waals surface area contributed by atoms with E-state index in [1.54, 1.807) is 0 Å². The van der Waals surface area contributed by atoms with Gasteiger partial charge in [-0.05, 0) is 37.2 Å². The fourth-order valence-electron chi connectivity index (χ4n) is 4.62. The molecule has 184 valence electrons. The highest BCUT2D eigenvalue weighted by molar-refractivity contribution is 7.99. The molecule has 4 rings (SSSR count). The van der Waals surface area contributed by atoms with Gasteiger partial charge in [-0.15, -0.1) is 10.2 Å². The summed E-state index contributed by atoms with van der Waals surface area (Å²) in [5.74, 6) is 0.394. The van der Waals surface area contributed by atoms with E-state index in [1.165, 1.54) is 23.7 Å². The van der Waals surface area contributed by atoms with Crippen LogP contribution in [0.1, 0.15) is 61.2 Å². The van der Waals surface area contributed by atoms with Gasteiger partial charge in [0, 0.05) is 38.0 Å². The highest BCUT2D eigenvalue weighted by Gasteiger charge is 2.36. The average Bonchev–Trinajstić information content (AvgIpc) is 3.37. The van der Waals surface area contributed by atoms with Gasteiger partial charge in [0.25, 0.3) is 11.1 Å². The first-order valence-electron chi connectivity index (χ1n) is 12.3. The molecule has 1 aliphatic carbocycles. The van der Waals surface area contributed by atoms with Crippen LogP contribution in [0.2, 0.25) is 0 Å². The van der Waals surface area contributed by atoms with Gasteiger partial charge in [-0.3, -0.25) is 9.59 Å². The van der Waals surface area contributed by atoms with Crippen molar-refractivity contribution >= 4 is 23.5 Å². The van der Waals surface area contributed by atoms with Crippen molar-refractivity contribution in [3.8, 4) is 0 Å². The Bertz CT molecular complexity index is 911. The first-order valence-corrected chi connectivity index (χ1v) is 13.3. The van der Waals surface area contributed by atoms with Crippen LogP contribution in [0.25, 0.3) is 0 Å². The lowest BCUT2D eigenvalue weighted by molar-refractivity contribution is -0.127. The molecular weight excluding hydrogens is 452 g/mol. The van der Waals surface area contributed by atoms with Crippen LogP contribution in [-0.4, -0.2) is 53.4 Å². The van der Waals surface area contributed by atoms with Gasteiger partial charge in [0.1, 0.15) is 6.04 Å². The number of benzene rings is 1. The molecule has 1 atom stereocenters. The Labute approximate surface area is 205 Å². The van der Waals surface area contributed by atoms with E-state index in [1.807, 2.05) is 18.2 Å². The zero-order chi connectivity index (χ0) is 23.6. The first kappa shape index (κ1) is 24.9. The third kappa shape index (κ3) is 7.13. The molecule has 2 N–H and O–H groups in total. The van der Waals surface area contributed by atoms with Crippen molar-refractivity contribution in [3.05, 3.63) is 41.8 Å². The molecule has 9 heteroatoms. The average molecular weight is 487 g/mol. The number of hydrogen-bond donors (Lipinski definition) is 2. The van der Waals surface area contributed by atoms with Crippen molar-refractivity contribution in [2.45, 2.75) is 62.8 Å². The number of amides is 1. The molecule has 1 aliphatic heterocycles. The fourth-order valence-corrected chi connectivity index (χ4v) is 5.28. The van der Waals surface area contributed by atoms with Crippen molar-refractivity contribution in [3.63, 3.8) is 0 Å². The van der Waals surface area contributed by atoms with E-state index in [2.05, 4.69) is 33.0 Å². The third-order valence-corrected chi connectivity index (χ3v) is 7.41. The second-order valence-electron chi connectivity index (χ2n) is 9.02. The molecule has 1 unspecified atom stereocenters. The molecule has 0 spiro atoms. The lowest BCUT2D eigenvalue weighted by atomic mass is 9.86. The smallest absolute Gasteiger partial charge is 0.286 e. The van der Waals surface area contributed by atoms with Crippen molar-refractivity contribution in [1.29, 1.82) is 0 Å². The minimum absolute atomic E-state index is 0.0129. The number of ketones is 1. The van der Waals surface area contributed by atoms with Crippen LogP contribution in [0.5, 0.6) is 0 Å². The summed E-state index contributed by atoms with van der Waals surface area (Å²) in [7, 11) is 0. The summed E-state index contributed by atoms with van der Waals surface area (Å²) in [5.41, 5.74) is 1.23. The largest absolute Gasteiger partial charge is 0.408 e. The van der Waals surface area contributed by atoms with Gasteiger partial charge in [0.2, 0.25) is 11.7 Å². The Morgan fingerprint density at radius 3 is 2.56 bits per heavy atom. The number of ether oxygens (including phenoxy) is 1. The third-order valence-electron chi connectivity index (χ3n) is 6.59. The summed E-state index contributed by atoms with van der Waals surface area (Å²) in [6, 6.07) is 9.56. The number of Topliss-reactive ketones (excluding diaryl/α,β-unsaturated/α-hetero) is 1. The fraction of sp³-hybridized carbons (Fsp3) is 0.600. The predicted molar refractivity (Wildman–Crippen MR) is 130 cm³/mol. The van der Waals surface area contributed by atoms with Crippen LogP contribution < -0.4 is 10.6 Å². The molecule has 2 fully saturated rings. The number of nitrogens with zero attached hydrogens (tertiary/aromatic N) is 2. The maximum absolute atomic E-state index is 13.3. The van der Waals surface area contributed by atoms with Crippen LogP contribution in [0, 0.1) is 11.8 Å². The normalized spacial score (nSPS) is 18.5. The lowest BCUT2D eigenvalue weighted by Gasteiger charge is -2.31. The minimum Gasteiger partial charge on any atom is -0.408 e. The molecule has 1 aromatic carbocycles. The molecule has 2 aromatic rings. The second-order valence-corrected chi connectivity index (χ2v) is 10.1. The van der Waals surface area contributed by atoms with Gasteiger partial charge < -0.3 is 19.8 Å². The molecule has 0 bridgehead atoms. The van der Waals surface area contributed by atoms with Gasteiger partial charge >= 0.3 is 0 Å². The molecule has 34 heavy (non-hydrogen) atoms. The maximum atomic E-state index is 13.3. The molecule has 1 aromatic heterocycles. The lowest BCUT2D eigenvalue weighted by Crippen LogP contribution is -2.49. The Morgan fingerprint density at radius 2 is 1.79 bits per heavy atom. The van der Waals surface area contributed by atoms with Gasteiger partial charge in [0.05, 0.1) is 0 Å². The van der Waals surface area contributed by atoms with Gasteiger partial charge in [-0.25, -0.2) is 0 Å². The Morgan fingerprint density at radius 1 is 1.03 bits per heavy atom. The molecule has 8 nitrogen and oxygen atoms in total. The SMILES string of the molecule is O=C(NC(C(=O)c1nnc(SCCNCc2ccccc2)o1)C1CCOCC1)C1CCCCC1. The van der Waals surface area contributed by atoms with Crippen molar-refractivity contribution in [2.75, 3.05) is 25.5 Å². The van der Waals surface area contributed by atoms with Crippen LogP contribution in [-0.2, 0) is 16.1 Å². The predicted octanol–water partition coefficient (Wildman–Crippen LogP) is 3.63. The number of hydrogen-bond acceptors (Lipinski definition) is 8. The number of nitrogens with one attached hydrogen (secondary N) is 2. The summed E-state index contributed by atoms with van der Waals surface area (Å²) in [6.45, 7) is 2.75. The van der Waals surface area contributed by atoms with E-state index < -0.39 is 6.04 Å². The van der Waals surface area contributed by atoms with E-state index in [0.29, 0.717) is 18.4 Å². The molecule has 1 amide bonds. The van der Waals surface area contributed by atoms with Gasteiger partial charge in [-0.1, -0.05) is 61.4 Å². The zero-order valence-electron chi connectivity index (χ0n) is 19.5. The summed E-state index contributed by atoms with van der Waals surface area (Å²) in [4.78, 5) is 26.3. The summed E-state index contributed by atoms with van der Waals surface area (Å²) >= 11 is 1.42. The summed E-state index contributed by atoms with van der Waals surface area (Å²) < 4.78 is 11.2. The number of aromatic nitrogens is 2. The summed E-state index contributed by atoms with van der Waals surface area (Å²) in [5, 5.41) is 14.9. The standard InChI is InChI=1S/C25H34N4O4S/c30-22(21(19-11-14-32-15-12-19)27-23(31)20-9-5-2-6-10-20)24-28-29-25(33-24)34-16-13-26-17-18-7-3-1-4-8-18/h1,3-4,7-8,19-21,26H,2,5-6,9-17H2,(H,27,31). The number of thioether (sulfide) groups is 1. The second kappa shape index (κ2) is 13.0. The topological polar surface area (TPSA) is 106 Å². The van der Waals surface area contributed by atoms with Crippen LogP contribution >= 0.6 is 11.8 Å². The van der Waals surface area contributed by atoms with E-state index in [-0.39, 0.29) is 29.4 Å². The van der Waals surface area contributed by atoms with E-state index in [4.69, 9.17) is 9.15 Å².